The third-order valence-corrected chi connectivity index (χ3v) is 7.29. The first-order valence-electron chi connectivity index (χ1n) is 9.83. The van der Waals surface area contributed by atoms with Crippen molar-refractivity contribution in [2.75, 3.05) is 18.4 Å². The molecular formula is C21H24BrN3O2S. The average molecular weight is 462 g/mol. The molecule has 1 fully saturated rings. The van der Waals surface area contributed by atoms with Gasteiger partial charge >= 0.3 is 0 Å². The van der Waals surface area contributed by atoms with Crippen molar-refractivity contribution < 1.29 is 9.59 Å². The van der Waals surface area contributed by atoms with Crippen LogP contribution in [0.5, 0.6) is 0 Å². The van der Waals surface area contributed by atoms with E-state index in [1.165, 1.54) is 16.9 Å². The van der Waals surface area contributed by atoms with Gasteiger partial charge in [-0.1, -0.05) is 6.92 Å². The summed E-state index contributed by atoms with van der Waals surface area (Å²) < 4.78 is 0.868. The Morgan fingerprint density at radius 1 is 1.32 bits per heavy atom. The molecule has 1 aliphatic heterocycles. The van der Waals surface area contributed by atoms with Gasteiger partial charge in [0.25, 0.3) is 5.91 Å². The van der Waals surface area contributed by atoms with E-state index in [1.807, 2.05) is 11.0 Å². The highest BCUT2D eigenvalue weighted by Gasteiger charge is 2.30. The number of fused-ring (bicyclic) bond motifs is 1. The van der Waals surface area contributed by atoms with Crippen LogP contribution in [0.15, 0.2) is 28.9 Å². The molecule has 148 valence electrons. The normalized spacial score (nSPS) is 21.9. The predicted octanol–water partition coefficient (Wildman–Crippen LogP) is 4.52. The van der Waals surface area contributed by atoms with Gasteiger partial charge in [0.15, 0.2) is 0 Å². The van der Waals surface area contributed by atoms with Crippen LogP contribution < -0.4 is 5.32 Å². The largest absolute Gasteiger partial charge is 0.337 e. The van der Waals surface area contributed by atoms with Crippen LogP contribution >= 0.6 is 27.3 Å². The van der Waals surface area contributed by atoms with Gasteiger partial charge in [0.05, 0.1) is 10.8 Å². The van der Waals surface area contributed by atoms with E-state index >= 15 is 0 Å². The number of thiophene rings is 1. The van der Waals surface area contributed by atoms with Crippen molar-refractivity contribution in [2.45, 2.75) is 39.0 Å². The molecule has 28 heavy (non-hydrogen) atoms. The molecule has 0 aromatic carbocycles. The van der Waals surface area contributed by atoms with Gasteiger partial charge in [0.2, 0.25) is 5.91 Å². The van der Waals surface area contributed by atoms with Gasteiger partial charge < -0.3 is 10.2 Å². The SMILES string of the molecule is CC1CCc2sc(C(=O)N3CCCC(C(=O)Nc4ccc(Br)cn4)C3)cc2C1. The van der Waals surface area contributed by atoms with Crippen LogP contribution in [0.2, 0.25) is 0 Å². The van der Waals surface area contributed by atoms with Crippen LogP contribution in [-0.4, -0.2) is 34.8 Å². The number of hydrogen-bond acceptors (Lipinski definition) is 4. The molecule has 7 heteroatoms. The number of aryl methyl sites for hydroxylation is 1. The summed E-state index contributed by atoms with van der Waals surface area (Å²) in [7, 11) is 0. The number of nitrogens with zero attached hydrogens (tertiary/aromatic N) is 2. The zero-order valence-corrected chi connectivity index (χ0v) is 18.3. The number of nitrogens with one attached hydrogen (secondary N) is 1. The second-order valence-corrected chi connectivity index (χ2v) is 9.90. The van der Waals surface area contributed by atoms with E-state index in [9.17, 15) is 9.59 Å². The van der Waals surface area contributed by atoms with E-state index in [2.05, 4.69) is 39.2 Å². The van der Waals surface area contributed by atoms with E-state index in [-0.39, 0.29) is 17.7 Å². The number of aromatic nitrogens is 1. The van der Waals surface area contributed by atoms with Crippen LogP contribution in [-0.2, 0) is 17.6 Å². The van der Waals surface area contributed by atoms with Crippen LogP contribution in [0, 0.1) is 11.8 Å². The first-order valence-corrected chi connectivity index (χ1v) is 11.4. The second-order valence-electron chi connectivity index (χ2n) is 7.85. The molecule has 0 bridgehead atoms. The van der Waals surface area contributed by atoms with Crippen molar-refractivity contribution in [3.63, 3.8) is 0 Å². The van der Waals surface area contributed by atoms with Crippen molar-refractivity contribution >= 4 is 44.9 Å². The molecule has 1 N–H and O–H groups in total. The zero-order chi connectivity index (χ0) is 19.7. The van der Waals surface area contributed by atoms with Crippen molar-refractivity contribution in [1.29, 1.82) is 0 Å². The summed E-state index contributed by atoms with van der Waals surface area (Å²) in [4.78, 5) is 34.0. The van der Waals surface area contributed by atoms with Gasteiger partial charge in [0.1, 0.15) is 5.82 Å². The second kappa shape index (κ2) is 8.33. The fourth-order valence-corrected chi connectivity index (χ4v) is 5.43. The van der Waals surface area contributed by atoms with E-state index in [4.69, 9.17) is 0 Å². The third kappa shape index (κ3) is 4.30. The van der Waals surface area contributed by atoms with E-state index in [1.54, 1.807) is 23.6 Å². The number of anilines is 1. The van der Waals surface area contributed by atoms with Crippen LogP contribution in [0.3, 0.4) is 0 Å². The first kappa shape index (κ1) is 19.6. The summed E-state index contributed by atoms with van der Waals surface area (Å²) in [6.45, 7) is 3.47. The fourth-order valence-electron chi connectivity index (χ4n) is 4.02. The molecule has 1 saturated heterocycles. The van der Waals surface area contributed by atoms with Crippen molar-refractivity contribution in [3.8, 4) is 0 Å². The smallest absolute Gasteiger partial charge is 0.263 e. The van der Waals surface area contributed by atoms with Crippen molar-refractivity contribution in [3.05, 3.63) is 44.2 Å². The Balaban J connectivity index is 1.41. The predicted molar refractivity (Wildman–Crippen MR) is 115 cm³/mol. The number of hydrogen-bond donors (Lipinski definition) is 1. The molecule has 4 rings (SSSR count). The lowest BCUT2D eigenvalue weighted by Crippen LogP contribution is -2.43. The van der Waals surface area contributed by atoms with Gasteiger partial charge in [-0.2, -0.15) is 0 Å². The number of carbonyl (C=O) groups is 2. The Hall–Kier alpha value is -1.73. The van der Waals surface area contributed by atoms with E-state index < -0.39 is 0 Å². The standard InChI is InChI=1S/C21H24BrN3O2S/c1-13-4-6-17-15(9-13)10-18(28-17)21(27)25-8-2-3-14(12-25)20(26)24-19-7-5-16(22)11-23-19/h5,7,10-11,13-14H,2-4,6,8-9,12H2,1H3,(H,23,24,26). The number of rotatable bonds is 3. The van der Waals surface area contributed by atoms with Gasteiger partial charge in [-0.25, -0.2) is 4.98 Å². The molecule has 2 aromatic heterocycles. The van der Waals surface area contributed by atoms with Gasteiger partial charge in [-0.15, -0.1) is 11.3 Å². The number of halogens is 1. The summed E-state index contributed by atoms with van der Waals surface area (Å²) in [5.41, 5.74) is 1.35. The molecule has 2 atom stereocenters. The molecule has 2 amide bonds. The summed E-state index contributed by atoms with van der Waals surface area (Å²) in [6, 6.07) is 5.71. The number of carbonyl (C=O) groups excluding carboxylic acids is 2. The molecule has 2 aromatic rings. The maximum atomic E-state index is 13.1. The maximum absolute atomic E-state index is 13.1. The number of likely N-dealkylation sites (tertiary alicyclic amines) is 1. The Morgan fingerprint density at radius 3 is 2.96 bits per heavy atom. The quantitative estimate of drug-likeness (QED) is 0.730. The van der Waals surface area contributed by atoms with Gasteiger partial charge in [-0.05, 0) is 77.7 Å². The molecule has 2 aliphatic rings. The zero-order valence-electron chi connectivity index (χ0n) is 15.9. The highest BCUT2D eigenvalue weighted by molar-refractivity contribution is 9.10. The highest BCUT2D eigenvalue weighted by atomic mass is 79.9. The Labute approximate surface area is 177 Å². The summed E-state index contributed by atoms with van der Waals surface area (Å²) in [6.07, 6.45) is 6.66. The maximum Gasteiger partial charge on any atom is 0.263 e. The minimum atomic E-state index is -0.197. The lowest BCUT2D eigenvalue weighted by molar-refractivity contribution is -0.121. The van der Waals surface area contributed by atoms with E-state index in [0.717, 1.165) is 41.6 Å². The summed E-state index contributed by atoms with van der Waals surface area (Å²) in [5.74, 6) is 1.05. The molecule has 3 heterocycles. The molecule has 5 nitrogen and oxygen atoms in total. The lowest BCUT2D eigenvalue weighted by Gasteiger charge is -2.31. The first-order chi connectivity index (χ1) is 13.5. The summed E-state index contributed by atoms with van der Waals surface area (Å²) in [5, 5.41) is 2.88. The molecule has 1 aliphatic carbocycles. The fraction of sp³-hybridized carbons (Fsp3) is 0.476. The minimum Gasteiger partial charge on any atom is -0.337 e. The third-order valence-electron chi connectivity index (χ3n) is 5.60. The Morgan fingerprint density at radius 2 is 2.18 bits per heavy atom. The van der Waals surface area contributed by atoms with Crippen molar-refractivity contribution in [1.82, 2.24) is 9.88 Å². The Bertz CT molecular complexity index is 880. The van der Waals surface area contributed by atoms with Crippen LogP contribution in [0.25, 0.3) is 0 Å². The lowest BCUT2D eigenvalue weighted by atomic mass is 9.90. The number of amides is 2. The van der Waals surface area contributed by atoms with Crippen LogP contribution in [0.1, 0.15) is 46.3 Å². The highest BCUT2D eigenvalue weighted by Crippen LogP contribution is 2.33. The Kier molecular flexibility index (Phi) is 5.83. The molecule has 0 radical (unpaired) electrons. The molecular weight excluding hydrogens is 438 g/mol. The number of pyridine rings is 1. The van der Waals surface area contributed by atoms with Crippen LogP contribution in [0.4, 0.5) is 5.82 Å². The molecule has 0 saturated carbocycles. The van der Waals surface area contributed by atoms with Crippen molar-refractivity contribution in [2.24, 2.45) is 11.8 Å². The van der Waals surface area contributed by atoms with Gasteiger partial charge in [0, 0.05) is 28.6 Å². The summed E-state index contributed by atoms with van der Waals surface area (Å²) >= 11 is 4.99. The number of piperidine rings is 1. The van der Waals surface area contributed by atoms with Gasteiger partial charge in [-0.3, -0.25) is 9.59 Å². The van der Waals surface area contributed by atoms with E-state index in [0.29, 0.717) is 18.3 Å². The monoisotopic (exact) mass is 461 g/mol. The minimum absolute atomic E-state index is 0.0633. The average Bonchev–Trinajstić information content (AvgIpc) is 3.12. The molecule has 2 unspecified atom stereocenters. The molecule has 0 spiro atoms. The topological polar surface area (TPSA) is 62.3 Å².